The Bertz CT molecular complexity index is 1340. The number of nitro benzene ring substituents is 1. The van der Waals surface area contributed by atoms with Crippen molar-refractivity contribution in [3.63, 3.8) is 0 Å². The molecule has 2 aromatic carbocycles. The number of non-ortho nitro benzene ring substituents is 1. The summed E-state index contributed by atoms with van der Waals surface area (Å²) in [5, 5.41) is 11.3. The number of nitro groups is 1. The number of hydrogen-bond acceptors (Lipinski definition) is 5. The Morgan fingerprint density at radius 2 is 1.83 bits per heavy atom. The summed E-state index contributed by atoms with van der Waals surface area (Å²) >= 11 is 0. The Kier molecular flexibility index (Phi) is 11.2. The molecule has 42 heavy (non-hydrogen) atoms. The predicted octanol–water partition coefficient (Wildman–Crippen LogP) is 5.81. The summed E-state index contributed by atoms with van der Waals surface area (Å²) in [6.07, 6.45) is 7.49. The van der Waals surface area contributed by atoms with Gasteiger partial charge in [-0.3, -0.25) is 19.7 Å². The lowest BCUT2D eigenvalue weighted by Gasteiger charge is -2.36. The van der Waals surface area contributed by atoms with Crippen LogP contribution in [0, 0.1) is 15.9 Å². The van der Waals surface area contributed by atoms with E-state index < -0.39 is 10.8 Å². The zero-order valence-corrected chi connectivity index (χ0v) is 24.1. The van der Waals surface area contributed by atoms with E-state index in [0.29, 0.717) is 32.7 Å². The molecule has 0 N–H and O–H groups in total. The molecule has 0 saturated heterocycles. The predicted molar refractivity (Wildman–Crippen MR) is 157 cm³/mol. The Morgan fingerprint density at radius 1 is 1.07 bits per heavy atom. The Hall–Kier alpha value is -4.05. The molecule has 1 aromatic heterocycles. The SMILES string of the molecule is CCOCCCN(CC(=O)N(Cc1cccn1Cc1ccc(F)cc1)C1CCCCC1)C(=O)c1cccc([N+](=O)[O-])c1. The van der Waals surface area contributed by atoms with E-state index in [9.17, 15) is 24.1 Å². The van der Waals surface area contributed by atoms with Crippen LogP contribution in [0.3, 0.4) is 0 Å². The first-order chi connectivity index (χ1) is 20.4. The average molecular weight is 579 g/mol. The van der Waals surface area contributed by atoms with E-state index >= 15 is 0 Å². The summed E-state index contributed by atoms with van der Waals surface area (Å²) in [5.41, 5.74) is 1.90. The Morgan fingerprint density at radius 3 is 2.55 bits per heavy atom. The zero-order valence-electron chi connectivity index (χ0n) is 24.1. The highest BCUT2D eigenvalue weighted by molar-refractivity contribution is 5.97. The second kappa shape index (κ2) is 15.3. The summed E-state index contributed by atoms with van der Waals surface area (Å²) in [5.74, 6) is -0.871. The first kappa shape index (κ1) is 30.9. The molecular weight excluding hydrogens is 539 g/mol. The van der Waals surface area contributed by atoms with Crippen LogP contribution < -0.4 is 0 Å². The van der Waals surface area contributed by atoms with Crippen molar-refractivity contribution in [2.45, 2.75) is 64.6 Å². The summed E-state index contributed by atoms with van der Waals surface area (Å²) in [6, 6.07) is 16.0. The van der Waals surface area contributed by atoms with E-state index in [2.05, 4.69) is 4.57 Å². The average Bonchev–Trinajstić information content (AvgIpc) is 3.45. The van der Waals surface area contributed by atoms with Crippen molar-refractivity contribution in [3.8, 4) is 0 Å². The second-order valence-corrected chi connectivity index (χ2v) is 10.7. The maximum atomic E-state index is 14.0. The third kappa shape index (κ3) is 8.48. The molecule has 0 radical (unpaired) electrons. The molecule has 4 rings (SSSR count). The molecule has 1 aliphatic rings. The van der Waals surface area contributed by atoms with Crippen LogP contribution in [0.1, 0.15) is 67.1 Å². The van der Waals surface area contributed by atoms with E-state index in [-0.39, 0.29) is 42.1 Å². The molecule has 1 saturated carbocycles. The number of halogens is 1. The number of ether oxygens (including phenoxy) is 1. The lowest BCUT2D eigenvalue weighted by atomic mass is 9.94. The number of hydrogen-bond donors (Lipinski definition) is 0. The standard InChI is InChI=1S/C32H39FN4O5/c1-2-42-20-8-19-35(32(39)26-9-6-12-29(21-26)37(40)41)24-31(38)36(28-10-4-3-5-11-28)23-30-13-7-18-34(30)22-25-14-16-27(33)17-15-25/h6-7,9,12-18,21,28H,2-5,8,10-11,19-20,22-24H2,1H3. The van der Waals surface area contributed by atoms with Gasteiger partial charge in [-0.05, 0) is 62.1 Å². The summed E-state index contributed by atoms with van der Waals surface area (Å²) in [6.45, 7) is 3.95. The van der Waals surface area contributed by atoms with Gasteiger partial charge in [0.05, 0.1) is 11.5 Å². The monoisotopic (exact) mass is 578 g/mol. The van der Waals surface area contributed by atoms with Crippen LogP contribution in [0.2, 0.25) is 0 Å². The van der Waals surface area contributed by atoms with E-state index in [1.165, 1.54) is 41.3 Å². The van der Waals surface area contributed by atoms with Crippen molar-refractivity contribution in [1.29, 1.82) is 0 Å². The van der Waals surface area contributed by atoms with Crippen LogP contribution in [0.5, 0.6) is 0 Å². The summed E-state index contributed by atoms with van der Waals surface area (Å²) in [7, 11) is 0. The minimum atomic E-state index is -0.535. The molecule has 0 atom stereocenters. The molecule has 3 aromatic rings. The maximum absolute atomic E-state index is 14.0. The number of rotatable bonds is 14. The van der Waals surface area contributed by atoms with Gasteiger partial charge in [-0.2, -0.15) is 0 Å². The molecule has 1 aliphatic carbocycles. The highest BCUT2D eigenvalue weighted by Crippen LogP contribution is 2.25. The van der Waals surface area contributed by atoms with Crippen molar-refractivity contribution in [1.82, 2.24) is 14.4 Å². The van der Waals surface area contributed by atoms with Crippen molar-refractivity contribution < 1.29 is 23.6 Å². The van der Waals surface area contributed by atoms with Crippen molar-refractivity contribution in [3.05, 3.63) is 99.6 Å². The lowest BCUT2D eigenvalue weighted by molar-refractivity contribution is -0.384. The number of benzene rings is 2. The van der Waals surface area contributed by atoms with E-state index in [1.807, 2.05) is 30.2 Å². The van der Waals surface area contributed by atoms with Gasteiger partial charge in [0.15, 0.2) is 0 Å². The molecule has 0 spiro atoms. The lowest BCUT2D eigenvalue weighted by Crippen LogP contribution is -2.48. The normalized spacial score (nSPS) is 13.6. The minimum absolute atomic E-state index is 0.0543. The van der Waals surface area contributed by atoms with Gasteiger partial charge in [0.2, 0.25) is 5.91 Å². The van der Waals surface area contributed by atoms with Crippen LogP contribution >= 0.6 is 0 Å². The third-order valence-electron chi connectivity index (χ3n) is 7.70. The highest BCUT2D eigenvalue weighted by atomic mass is 19.1. The molecule has 0 aliphatic heterocycles. The van der Waals surface area contributed by atoms with Crippen LogP contribution in [-0.2, 0) is 22.6 Å². The third-order valence-corrected chi connectivity index (χ3v) is 7.70. The van der Waals surface area contributed by atoms with E-state index in [0.717, 1.165) is 43.4 Å². The van der Waals surface area contributed by atoms with Crippen molar-refractivity contribution >= 4 is 17.5 Å². The molecule has 9 nitrogen and oxygen atoms in total. The fraction of sp³-hybridized carbons (Fsp3) is 0.438. The van der Waals surface area contributed by atoms with Gasteiger partial charge in [-0.1, -0.05) is 37.5 Å². The van der Waals surface area contributed by atoms with Gasteiger partial charge in [0, 0.05) is 61.9 Å². The fourth-order valence-electron chi connectivity index (χ4n) is 5.47. The quantitative estimate of drug-likeness (QED) is 0.137. The largest absolute Gasteiger partial charge is 0.382 e. The molecular formula is C32H39FN4O5. The smallest absolute Gasteiger partial charge is 0.270 e. The molecule has 1 heterocycles. The van der Waals surface area contributed by atoms with Gasteiger partial charge in [0.1, 0.15) is 12.4 Å². The number of carbonyl (C=O) groups is 2. The second-order valence-electron chi connectivity index (χ2n) is 10.7. The summed E-state index contributed by atoms with van der Waals surface area (Å²) < 4.78 is 21.0. The molecule has 1 fully saturated rings. The highest BCUT2D eigenvalue weighted by Gasteiger charge is 2.29. The molecule has 0 bridgehead atoms. The van der Waals surface area contributed by atoms with Crippen LogP contribution in [0.25, 0.3) is 0 Å². The zero-order chi connectivity index (χ0) is 29.9. The number of aromatic nitrogens is 1. The van der Waals surface area contributed by atoms with Gasteiger partial charge in [-0.15, -0.1) is 0 Å². The molecule has 0 unspecified atom stereocenters. The van der Waals surface area contributed by atoms with Crippen molar-refractivity contribution in [2.24, 2.45) is 0 Å². The fourth-order valence-corrected chi connectivity index (χ4v) is 5.47. The van der Waals surface area contributed by atoms with E-state index in [4.69, 9.17) is 4.74 Å². The van der Waals surface area contributed by atoms with Crippen molar-refractivity contribution in [2.75, 3.05) is 26.3 Å². The molecule has 224 valence electrons. The summed E-state index contributed by atoms with van der Waals surface area (Å²) in [4.78, 5) is 41.8. The topological polar surface area (TPSA) is 97.9 Å². The maximum Gasteiger partial charge on any atom is 0.270 e. The van der Waals surface area contributed by atoms with Crippen LogP contribution in [-0.4, -0.2) is 63.4 Å². The number of nitrogens with zero attached hydrogens (tertiary/aromatic N) is 4. The Balaban J connectivity index is 1.55. The molecule has 10 heteroatoms. The number of amides is 2. The van der Waals surface area contributed by atoms with Gasteiger partial charge >= 0.3 is 0 Å². The van der Waals surface area contributed by atoms with Gasteiger partial charge in [0.25, 0.3) is 11.6 Å². The number of carbonyl (C=O) groups excluding carboxylic acids is 2. The van der Waals surface area contributed by atoms with E-state index in [1.54, 1.807) is 12.1 Å². The van der Waals surface area contributed by atoms with Gasteiger partial charge < -0.3 is 19.1 Å². The minimum Gasteiger partial charge on any atom is -0.382 e. The Labute approximate surface area is 246 Å². The first-order valence-corrected chi connectivity index (χ1v) is 14.6. The van der Waals surface area contributed by atoms with Gasteiger partial charge in [-0.25, -0.2) is 4.39 Å². The van der Waals surface area contributed by atoms with Crippen LogP contribution in [0.15, 0.2) is 66.9 Å². The van der Waals surface area contributed by atoms with Crippen LogP contribution in [0.4, 0.5) is 10.1 Å². The molecule has 2 amide bonds. The first-order valence-electron chi connectivity index (χ1n) is 14.6.